The molecule has 5 heteroatoms. The summed E-state index contributed by atoms with van der Waals surface area (Å²) in [6, 6.07) is 10.8. The van der Waals surface area contributed by atoms with Gasteiger partial charge in [0.15, 0.2) is 11.6 Å². The zero-order valence-electron chi connectivity index (χ0n) is 11.5. The van der Waals surface area contributed by atoms with E-state index in [2.05, 4.69) is 5.32 Å². The van der Waals surface area contributed by atoms with E-state index in [0.29, 0.717) is 10.6 Å². The van der Waals surface area contributed by atoms with Gasteiger partial charge in [-0.1, -0.05) is 29.8 Å². The Morgan fingerprint density at radius 2 is 1.67 bits per heavy atom. The van der Waals surface area contributed by atoms with E-state index in [0.717, 1.165) is 17.7 Å². The lowest BCUT2D eigenvalue weighted by molar-refractivity contribution is 0.170. The molecular weight excluding hydrogens is 296 g/mol. The van der Waals surface area contributed by atoms with E-state index < -0.39 is 17.7 Å². The molecule has 2 nitrogen and oxygen atoms in total. The first-order valence-corrected chi connectivity index (χ1v) is 6.97. The van der Waals surface area contributed by atoms with Crippen LogP contribution in [0.1, 0.15) is 30.2 Å². The van der Waals surface area contributed by atoms with Crippen LogP contribution in [0.15, 0.2) is 42.5 Å². The summed E-state index contributed by atoms with van der Waals surface area (Å²) in [6.07, 6.45) is -0.908. The Balaban J connectivity index is 1.95. The quantitative estimate of drug-likeness (QED) is 0.874. The molecule has 2 aromatic rings. The van der Waals surface area contributed by atoms with E-state index in [9.17, 15) is 13.9 Å². The number of hydrogen-bond donors (Lipinski definition) is 2. The van der Waals surface area contributed by atoms with Crippen LogP contribution in [-0.4, -0.2) is 11.7 Å². The van der Waals surface area contributed by atoms with Crippen LogP contribution in [0.2, 0.25) is 5.02 Å². The van der Waals surface area contributed by atoms with E-state index in [1.54, 1.807) is 12.1 Å². The SMILES string of the molecule is C[C@H](NCC(O)c1ccc(F)c(F)c1)c1ccc(Cl)cc1. The summed E-state index contributed by atoms with van der Waals surface area (Å²) in [5.74, 6) is -1.88. The first-order chi connectivity index (χ1) is 9.97. The minimum absolute atomic E-state index is 0.00205. The van der Waals surface area contributed by atoms with E-state index in [1.165, 1.54) is 6.07 Å². The lowest BCUT2D eigenvalue weighted by atomic mass is 10.1. The van der Waals surface area contributed by atoms with Gasteiger partial charge in [0.1, 0.15) is 0 Å². The molecular formula is C16H16ClF2NO. The molecule has 112 valence electrons. The molecule has 2 rings (SSSR count). The molecule has 2 N–H and O–H groups in total. The average molecular weight is 312 g/mol. The lowest BCUT2D eigenvalue weighted by Gasteiger charge is -2.18. The van der Waals surface area contributed by atoms with Gasteiger partial charge >= 0.3 is 0 Å². The van der Waals surface area contributed by atoms with Crippen LogP contribution in [0.3, 0.4) is 0 Å². The number of aliphatic hydroxyl groups is 1. The molecule has 2 aromatic carbocycles. The van der Waals surface area contributed by atoms with Crippen LogP contribution in [0.4, 0.5) is 8.78 Å². The average Bonchev–Trinajstić information content (AvgIpc) is 2.48. The number of rotatable bonds is 5. The van der Waals surface area contributed by atoms with E-state index in [1.807, 2.05) is 19.1 Å². The molecule has 0 fully saturated rings. The minimum atomic E-state index is -0.961. The molecule has 1 unspecified atom stereocenters. The van der Waals surface area contributed by atoms with Gasteiger partial charge in [-0.15, -0.1) is 0 Å². The predicted octanol–water partition coefficient (Wildman–Crippen LogP) is 4.00. The first kappa shape index (κ1) is 15.9. The summed E-state index contributed by atoms with van der Waals surface area (Å²) in [5, 5.41) is 13.8. The third kappa shape index (κ3) is 4.24. The molecule has 0 radical (unpaired) electrons. The molecule has 0 aliphatic heterocycles. The van der Waals surface area contributed by atoms with Crippen molar-refractivity contribution in [2.75, 3.05) is 6.54 Å². The zero-order chi connectivity index (χ0) is 15.4. The Bertz CT molecular complexity index is 604. The number of hydrogen-bond acceptors (Lipinski definition) is 2. The summed E-state index contributed by atoms with van der Waals surface area (Å²) in [5.41, 5.74) is 1.36. The number of aliphatic hydroxyl groups excluding tert-OH is 1. The summed E-state index contributed by atoms with van der Waals surface area (Å²) < 4.78 is 26.0. The van der Waals surface area contributed by atoms with Crippen molar-refractivity contribution in [1.82, 2.24) is 5.32 Å². The van der Waals surface area contributed by atoms with Crippen LogP contribution in [-0.2, 0) is 0 Å². The molecule has 0 spiro atoms. The highest BCUT2D eigenvalue weighted by Crippen LogP contribution is 2.19. The minimum Gasteiger partial charge on any atom is -0.387 e. The maximum atomic E-state index is 13.1. The summed E-state index contributed by atoms with van der Waals surface area (Å²) >= 11 is 5.82. The van der Waals surface area contributed by atoms with Gasteiger partial charge in [0.05, 0.1) is 6.10 Å². The molecule has 0 amide bonds. The molecule has 0 heterocycles. The monoisotopic (exact) mass is 311 g/mol. The van der Waals surface area contributed by atoms with Crippen LogP contribution in [0.25, 0.3) is 0 Å². The van der Waals surface area contributed by atoms with Crippen molar-refractivity contribution in [3.05, 3.63) is 70.2 Å². The standard InChI is InChI=1S/C16H16ClF2NO/c1-10(11-2-5-13(17)6-3-11)20-9-16(21)12-4-7-14(18)15(19)8-12/h2-8,10,16,20-21H,9H2,1H3/t10-,16?/m0/s1. The van der Waals surface area contributed by atoms with Crippen LogP contribution in [0.5, 0.6) is 0 Å². The number of benzene rings is 2. The molecule has 2 atom stereocenters. The van der Waals surface area contributed by atoms with Gasteiger partial charge < -0.3 is 10.4 Å². The van der Waals surface area contributed by atoms with Crippen LogP contribution in [0, 0.1) is 11.6 Å². The van der Waals surface area contributed by atoms with Crippen molar-refractivity contribution < 1.29 is 13.9 Å². The van der Waals surface area contributed by atoms with Gasteiger partial charge in [-0.05, 0) is 42.3 Å². The van der Waals surface area contributed by atoms with Gasteiger partial charge in [0.25, 0.3) is 0 Å². The smallest absolute Gasteiger partial charge is 0.159 e. The molecule has 21 heavy (non-hydrogen) atoms. The van der Waals surface area contributed by atoms with E-state index in [4.69, 9.17) is 11.6 Å². The Morgan fingerprint density at radius 1 is 1.05 bits per heavy atom. The Hall–Kier alpha value is -1.49. The molecule has 0 bridgehead atoms. The van der Waals surface area contributed by atoms with Crippen LogP contribution < -0.4 is 5.32 Å². The van der Waals surface area contributed by atoms with Crippen molar-refractivity contribution in [1.29, 1.82) is 0 Å². The van der Waals surface area contributed by atoms with Crippen molar-refractivity contribution in [2.24, 2.45) is 0 Å². The topological polar surface area (TPSA) is 32.3 Å². The van der Waals surface area contributed by atoms with Gasteiger partial charge in [0.2, 0.25) is 0 Å². The van der Waals surface area contributed by atoms with E-state index >= 15 is 0 Å². The lowest BCUT2D eigenvalue weighted by Crippen LogP contribution is -2.24. The Morgan fingerprint density at radius 3 is 2.29 bits per heavy atom. The van der Waals surface area contributed by atoms with Gasteiger partial charge in [-0.3, -0.25) is 0 Å². The van der Waals surface area contributed by atoms with Gasteiger partial charge in [0, 0.05) is 17.6 Å². The highest BCUT2D eigenvalue weighted by molar-refractivity contribution is 6.30. The molecule has 0 saturated heterocycles. The van der Waals surface area contributed by atoms with Crippen molar-refractivity contribution in [2.45, 2.75) is 19.1 Å². The fourth-order valence-electron chi connectivity index (χ4n) is 2.00. The maximum absolute atomic E-state index is 13.1. The largest absolute Gasteiger partial charge is 0.387 e. The molecule has 0 aromatic heterocycles. The first-order valence-electron chi connectivity index (χ1n) is 6.59. The summed E-state index contributed by atoms with van der Waals surface area (Å²) in [4.78, 5) is 0. The van der Waals surface area contributed by atoms with Crippen molar-refractivity contribution in [3.8, 4) is 0 Å². The predicted molar refractivity (Wildman–Crippen MR) is 79.2 cm³/mol. The summed E-state index contributed by atoms with van der Waals surface area (Å²) in [6.45, 7) is 2.18. The second-order valence-electron chi connectivity index (χ2n) is 4.87. The summed E-state index contributed by atoms with van der Waals surface area (Å²) in [7, 11) is 0. The molecule has 0 aliphatic rings. The van der Waals surface area contributed by atoms with Gasteiger partial charge in [-0.2, -0.15) is 0 Å². The van der Waals surface area contributed by atoms with Crippen molar-refractivity contribution >= 4 is 11.6 Å². The third-order valence-corrected chi connectivity index (χ3v) is 3.57. The fourth-order valence-corrected chi connectivity index (χ4v) is 2.12. The molecule has 0 aliphatic carbocycles. The molecule has 0 saturated carbocycles. The second-order valence-corrected chi connectivity index (χ2v) is 5.31. The van der Waals surface area contributed by atoms with E-state index in [-0.39, 0.29) is 12.6 Å². The maximum Gasteiger partial charge on any atom is 0.159 e. The highest BCUT2D eigenvalue weighted by Gasteiger charge is 2.12. The zero-order valence-corrected chi connectivity index (χ0v) is 12.2. The Labute approximate surface area is 127 Å². The van der Waals surface area contributed by atoms with Crippen LogP contribution >= 0.6 is 11.6 Å². The normalized spacial score (nSPS) is 14.0. The fraction of sp³-hybridized carbons (Fsp3) is 0.250. The number of nitrogens with one attached hydrogen (secondary N) is 1. The second kappa shape index (κ2) is 6.98. The van der Waals surface area contributed by atoms with Gasteiger partial charge in [-0.25, -0.2) is 8.78 Å². The van der Waals surface area contributed by atoms with Crippen molar-refractivity contribution in [3.63, 3.8) is 0 Å². The third-order valence-electron chi connectivity index (χ3n) is 3.32. The highest BCUT2D eigenvalue weighted by atomic mass is 35.5. The Kier molecular flexibility index (Phi) is 5.28. The number of halogens is 3.